The van der Waals surface area contributed by atoms with Gasteiger partial charge in [0.1, 0.15) is 17.8 Å². The van der Waals surface area contributed by atoms with E-state index in [0.29, 0.717) is 5.56 Å². The predicted molar refractivity (Wildman–Crippen MR) is 65.6 cm³/mol. The minimum absolute atomic E-state index is 0.265. The van der Waals surface area contributed by atoms with E-state index < -0.39 is 37.1 Å². The minimum Gasteiger partial charge on any atom is -0.462 e. The summed E-state index contributed by atoms with van der Waals surface area (Å²) in [5.74, 6) is -0.478. The fourth-order valence-corrected chi connectivity index (χ4v) is 2.11. The molecule has 1 saturated heterocycles. The van der Waals surface area contributed by atoms with Gasteiger partial charge in [-0.3, -0.25) is 0 Å². The van der Waals surface area contributed by atoms with E-state index in [-0.39, 0.29) is 6.61 Å². The van der Waals surface area contributed by atoms with E-state index in [0.717, 1.165) is 0 Å². The van der Waals surface area contributed by atoms with Crippen LogP contribution in [0.4, 0.5) is 0 Å². The van der Waals surface area contributed by atoms with Crippen LogP contribution in [-0.4, -0.2) is 52.8 Å². The largest absolute Gasteiger partial charge is 0.462 e. The molecule has 0 aliphatic carbocycles. The molecule has 4 atom stereocenters. The van der Waals surface area contributed by atoms with Crippen LogP contribution in [0.2, 0.25) is 0 Å². The lowest BCUT2D eigenvalue weighted by Gasteiger charge is -2.10. The quantitative estimate of drug-likeness (QED) is 0.472. The monoisotopic (exact) mass is 284 g/mol. The number of aromatic nitrogens is 1. The second kappa shape index (κ2) is 6.27. The molecular weight excluding hydrogens is 266 g/mol. The number of ether oxygens (including phenoxy) is 2. The molecule has 7 heteroatoms. The van der Waals surface area contributed by atoms with Crippen molar-refractivity contribution in [2.24, 2.45) is 0 Å². The van der Waals surface area contributed by atoms with Crippen molar-refractivity contribution in [3.05, 3.63) is 30.1 Å². The lowest BCUT2D eigenvalue weighted by Crippen LogP contribution is -2.46. The zero-order valence-electron chi connectivity index (χ0n) is 11.0. The van der Waals surface area contributed by atoms with Crippen molar-refractivity contribution in [3.8, 4) is 0 Å². The topological polar surface area (TPSA) is 100 Å². The Morgan fingerprint density at radius 2 is 2.20 bits per heavy atom. The van der Waals surface area contributed by atoms with Gasteiger partial charge in [-0.2, -0.15) is 4.57 Å². The van der Waals surface area contributed by atoms with E-state index in [1.54, 1.807) is 25.3 Å². The van der Waals surface area contributed by atoms with Crippen LogP contribution >= 0.6 is 0 Å². The van der Waals surface area contributed by atoms with Gasteiger partial charge in [-0.1, -0.05) is 0 Å². The number of rotatable bonds is 4. The van der Waals surface area contributed by atoms with Crippen LogP contribution in [0.25, 0.3) is 0 Å². The molecule has 0 unspecified atom stereocenters. The summed E-state index contributed by atoms with van der Waals surface area (Å²) in [5, 5.41) is 28.7. The smallest absolute Gasteiger partial charge is 0.344 e. The number of aliphatic hydroxyl groups excluding tert-OH is 3. The van der Waals surface area contributed by atoms with Gasteiger partial charge in [0.2, 0.25) is 0 Å². The van der Waals surface area contributed by atoms with Crippen LogP contribution < -0.4 is 4.57 Å². The molecule has 0 radical (unpaired) electrons. The highest BCUT2D eigenvalue weighted by atomic mass is 16.6. The number of carbonyl (C=O) groups excluding carboxylic acids is 1. The highest BCUT2D eigenvalue weighted by molar-refractivity contribution is 5.88. The molecule has 110 valence electrons. The zero-order chi connectivity index (χ0) is 14.7. The Labute approximate surface area is 116 Å². The molecule has 0 amide bonds. The maximum atomic E-state index is 11.6. The van der Waals surface area contributed by atoms with Gasteiger partial charge < -0.3 is 24.8 Å². The van der Waals surface area contributed by atoms with Crippen LogP contribution in [0.15, 0.2) is 24.5 Å². The summed E-state index contributed by atoms with van der Waals surface area (Å²) >= 11 is 0. The van der Waals surface area contributed by atoms with Crippen molar-refractivity contribution >= 4 is 5.97 Å². The molecule has 1 aromatic heterocycles. The van der Waals surface area contributed by atoms with Crippen molar-refractivity contribution in [1.82, 2.24) is 0 Å². The van der Waals surface area contributed by atoms with Gasteiger partial charge in [-0.15, -0.1) is 0 Å². The molecule has 1 fully saturated rings. The molecule has 2 heterocycles. The zero-order valence-corrected chi connectivity index (χ0v) is 11.0. The Bertz CT molecular complexity index is 480. The van der Waals surface area contributed by atoms with Crippen molar-refractivity contribution in [2.75, 3.05) is 13.2 Å². The SMILES string of the molecule is CCOC(=O)c1ccc[n+]([C@@H]2O[C@H](CO)[C@@H](O)[C@H]2O)c1. The summed E-state index contributed by atoms with van der Waals surface area (Å²) in [5.41, 5.74) is 0.312. The number of esters is 1. The molecule has 0 spiro atoms. The molecular formula is C13H18NO6+. The molecule has 0 bridgehead atoms. The van der Waals surface area contributed by atoms with Crippen LogP contribution in [0.3, 0.4) is 0 Å². The van der Waals surface area contributed by atoms with Crippen molar-refractivity contribution in [3.63, 3.8) is 0 Å². The number of carbonyl (C=O) groups is 1. The van der Waals surface area contributed by atoms with Crippen molar-refractivity contribution in [2.45, 2.75) is 31.5 Å². The highest BCUT2D eigenvalue weighted by Crippen LogP contribution is 2.25. The van der Waals surface area contributed by atoms with E-state index in [1.165, 1.54) is 10.8 Å². The maximum absolute atomic E-state index is 11.6. The average Bonchev–Trinajstić information content (AvgIpc) is 2.75. The molecule has 7 nitrogen and oxygen atoms in total. The lowest BCUT2D eigenvalue weighted by atomic mass is 10.1. The third-order valence-electron chi connectivity index (χ3n) is 3.14. The van der Waals surface area contributed by atoms with E-state index in [9.17, 15) is 15.0 Å². The number of hydrogen-bond donors (Lipinski definition) is 3. The van der Waals surface area contributed by atoms with E-state index in [4.69, 9.17) is 14.6 Å². The van der Waals surface area contributed by atoms with Gasteiger partial charge in [-0.25, -0.2) is 4.79 Å². The fourth-order valence-electron chi connectivity index (χ4n) is 2.11. The second-order valence-corrected chi connectivity index (χ2v) is 4.49. The van der Waals surface area contributed by atoms with Crippen molar-refractivity contribution < 1.29 is 34.2 Å². The summed E-state index contributed by atoms with van der Waals surface area (Å²) in [6.45, 7) is 1.58. The Morgan fingerprint density at radius 1 is 1.45 bits per heavy atom. The van der Waals surface area contributed by atoms with Gasteiger partial charge in [0.25, 0.3) is 6.23 Å². The van der Waals surface area contributed by atoms with Gasteiger partial charge in [0.05, 0.1) is 13.2 Å². The Balaban J connectivity index is 2.21. The number of pyridine rings is 1. The molecule has 3 N–H and O–H groups in total. The predicted octanol–water partition coefficient (Wildman–Crippen LogP) is -1.24. The second-order valence-electron chi connectivity index (χ2n) is 4.49. The van der Waals surface area contributed by atoms with Crippen LogP contribution in [0.1, 0.15) is 23.5 Å². The first-order valence-electron chi connectivity index (χ1n) is 6.38. The van der Waals surface area contributed by atoms with E-state index in [1.807, 2.05) is 0 Å². The highest BCUT2D eigenvalue weighted by Gasteiger charge is 2.48. The van der Waals surface area contributed by atoms with Gasteiger partial charge in [-0.05, 0) is 13.0 Å². The van der Waals surface area contributed by atoms with Crippen LogP contribution in [-0.2, 0) is 9.47 Å². The fraction of sp³-hybridized carbons (Fsp3) is 0.538. The summed E-state index contributed by atoms with van der Waals surface area (Å²) in [4.78, 5) is 11.6. The number of hydrogen-bond acceptors (Lipinski definition) is 6. The number of nitrogens with zero attached hydrogens (tertiary/aromatic N) is 1. The molecule has 1 aliphatic rings. The maximum Gasteiger partial charge on any atom is 0.344 e. The molecule has 2 rings (SSSR count). The Morgan fingerprint density at radius 3 is 2.80 bits per heavy atom. The van der Waals surface area contributed by atoms with E-state index in [2.05, 4.69) is 0 Å². The first-order chi connectivity index (χ1) is 9.58. The first kappa shape index (κ1) is 14.9. The summed E-state index contributed by atoms with van der Waals surface area (Å²) < 4.78 is 11.7. The van der Waals surface area contributed by atoms with Crippen molar-refractivity contribution in [1.29, 1.82) is 0 Å². The number of aliphatic hydroxyl groups is 3. The Hall–Kier alpha value is -1.54. The first-order valence-corrected chi connectivity index (χ1v) is 6.38. The summed E-state index contributed by atoms with van der Waals surface area (Å²) in [7, 11) is 0. The third kappa shape index (κ3) is 2.80. The normalized spacial score (nSPS) is 29.4. The summed E-state index contributed by atoms with van der Waals surface area (Å²) in [6.07, 6.45) is -1.01. The standard InChI is InChI=1S/C13H18NO6/c1-2-19-13(18)8-4-3-5-14(6-8)12-11(17)10(16)9(7-15)20-12/h3-6,9-12,15-17H,2,7H2,1H3/q+1/t9-,10-,11-,12-/m1/s1. The molecule has 0 aromatic carbocycles. The third-order valence-corrected chi connectivity index (χ3v) is 3.14. The van der Waals surface area contributed by atoms with Crippen LogP contribution in [0, 0.1) is 0 Å². The molecule has 20 heavy (non-hydrogen) atoms. The van der Waals surface area contributed by atoms with E-state index >= 15 is 0 Å². The minimum atomic E-state index is -1.19. The summed E-state index contributed by atoms with van der Waals surface area (Å²) in [6, 6.07) is 3.19. The van der Waals surface area contributed by atoms with Crippen LogP contribution in [0.5, 0.6) is 0 Å². The molecule has 0 saturated carbocycles. The van der Waals surface area contributed by atoms with Gasteiger partial charge >= 0.3 is 5.97 Å². The van der Waals surface area contributed by atoms with Gasteiger partial charge in [0, 0.05) is 6.07 Å². The lowest BCUT2D eigenvalue weighted by molar-refractivity contribution is -0.765. The Kier molecular flexibility index (Phi) is 4.66. The molecule has 1 aromatic rings. The average molecular weight is 284 g/mol. The molecule has 1 aliphatic heterocycles. The van der Waals surface area contributed by atoms with Gasteiger partial charge in [0.15, 0.2) is 18.5 Å².